The minimum Gasteiger partial charge on any atom is -0.480 e. The number of ether oxygens (including phenoxy) is 1. The van der Waals surface area contributed by atoms with Crippen molar-refractivity contribution in [3.8, 4) is 11.5 Å². The number of aryl methyl sites for hydroxylation is 2. The van der Waals surface area contributed by atoms with Crippen LogP contribution in [0.5, 0.6) is 11.5 Å². The lowest BCUT2D eigenvalue weighted by Crippen LogP contribution is -2.32. The van der Waals surface area contributed by atoms with E-state index in [0.29, 0.717) is 16.9 Å². The topological polar surface area (TPSA) is 72.6 Å². The summed E-state index contributed by atoms with van der Waals surface area (Å²) in [6, 6.07) is 4.90. The molecule has 6 heteroatoms. The maximum absolute atomic E-state index is 14.1. The van der Waals surface area contributed by atoms with Crippen LogP contribution in [-0.2, 0) is 11.2 Å². The van der Waals surface area contributed by atoms with Gasteiger partial charge in [-0.3, -0.25) is 4.79 Å². The van der Waals surface area contributed by atoms with Gasteiger partial charge in [0.15, 0.2) is 11.6 Å². The molecule has 128 valence electrons. The third-order valence-electron chi connectivity index (χ3n) is 3.79. The van der Waals surface area contributed by atoms with Crippen molar-refractivity contribution in [1.82, 2.24) is 0 Å². The van der Waals surface area contributed by atoms with Crippen molar-refractivity contribution < 1.29 is 23.4 Å². The van der Waals surface area contributed by atoms with Gasteiger partial charge in [-0.25, -0.2) is 8.78 Å². The summed E-state index contributed by atoms with van der Waals surface area (Å²) in [7, 11) is 0. The van der Waals surface area contributed by atoms with Crippen molar-refractivity contribution in [2.24, 2.45) is 5.73 Å². The molecule has 2 rings (SSSR count). The molecule has 4 nitrogen and oxygen atoms in total. The van der Waals surface area contributed by atoms with E-state index in [-0.39, 0.29) is 17.7 Å². The molecule has 0 spiro atoms. The molecular formula is C18H19F2NO3. The number of nitrogens with two attached hydrogens (primary N) is 1. The third-order valence-corrected chi connectivity index (χ3v) is 3.79. The number of carbonyl (C=O) groups is 1. The van der Waals surface area contributed by atoms with Gasteiger partial charge in [-0.1, -0.05) is 12.1 Å². The molecule has 0 radical (unpaired) electrons. The van der Waals surface area contributed by atoms with E-state index in [1.165, 1.54) is 13.0 Å². The van der Waals surface area contributed by atoms with Crippen LogP contribution in [-0.4, -0.2) is 17.1 Å². The Hall–Kier alpha value is -2.47. The molecule has 1 atom stereocenters. The first-order chi connectivity index (χ1) is 11.2. The largest absolute Gasteiger partial charge is 0.480 e. The minimum absolute atomic E-state index is 0.0601. The van der Waals surface area contributed by atoms with Gasteiger partial charge < -0.3 is 15.6 Å². The molecule has 3 N–H and O–H groups in total. The Morgan fingerprint density at radius 2 is 1.79 bits per heavy atom. The lowest BCUT2D eigenvalue weighted by molar-refractivity contribution is -0.138. The van der Waals surface area contributed by atoms with Gasteiger partial charge in [0.1, 0.15) is 17.6 Å². The Kier molecular flexibility index (Phi) is 5.19. The van der Waals surface area contributed by atoms with Crippen molar-refractivity contribution in [2.75, 3.05) is 0 Å². The summed E-state index contributed by atoms with van der Waals surface area (Å²) in [6.07, 6.45) is 0.182. The maximum Gasteiger partial charge on any atom is 0.320 e. The third kappa shape index (κ3) is 3.71. The Morgan fingerprint density at radius 3 is 2.33 bits per heavy atom. The molecule has 0 aliphatic carbocycles. The Balaban J connectivity index is 2.32. The van der Waals surface area contributed by atoms with E-state index in [1.807, 2.05) is 0 Å². The van der Waals surface area contributed by atoms with Gasteiger partial charge in [-0.05, 0) is 56.0 Å². The van der Waals surface area contributed by atoms with E-state index in [0.717, 1.165) is 11.6 Å². The molecule has 2 aromatic rings. The highest BCUT2D eigenvalue weighted by molar-refractivity contribution is 5.73. The van der Waals surface area contributed by atoms with Gasteiger partial charge >= 0.3 is 5.97 Å². The fourth-order valence-corrected chi connectivity index (χ4v) is 2.49. The van der Waals surface area contributed by atoms with E-state index >= 15 is 0 Å². The molecule has 0 amide bonds. The number of hydrogen-bond donors (Lipinski definition) is 2. The van der Waals surface area contributed by atoms with Crippen molar-refractivity contribution >= 4 is 5.97 Å². The Labute approximate surface area is 138 Å². The second-order valence-corrected chi connectivity index (χ2v) is 5.79. The average molecular weight is 335 g/mol. The van der Waals surface area contributed by atoms with Crippen LogP contribution in [0.3, 0.4) is 0 Å². The standard InChI is InChI=1S/C18H19F2NO3/c1-9-6-12(8-14(21)18(22)23)7-10(2)17(9)24-15-5-4-13(19)11(3)16(15)20/h4-7,14H,8,21H2,1-3H3,(H,22,23). The minimum atomic E-state index is -1.07. The molecule has 0 saturated carbocycles. The van der Waals surface area contributed by atoms with Gasteiger partial charge in [0, 0.05) is 5.56 Å². The van der Waals surface area contributed by atoms with E-state index in [2.05, 4.69) is 0 Å². The van der Waals surface area contributed by atoms with Gasteiger partial charge in [-0.2, -0.15) is 0 Å². The second-order valence-electron chi connectivity index (χ2n) is 5.79. The molecule has 0 heterocycles. The molecule has 0 aliphatic heterocycles. The molecule has 0 aromatic heterocycles. The van der Waals surface area contributed by atoms with Crippen LogP contribution in [0.4, 0.5) is 8.78 Å². The van der Waals surface area contributed by atoms with E-state index < -0.39 is 23.6 Å². The SMILES string of the molecule is Cc1cc(CC(N)C(=O)O)cc(C)c1Oc1ccc(F)c(C)c1F. The number of benzene rings is 2. The van der Waals surface area contributed by atoms with E-state index in [9.17, 15) is 13.6 Å². The molecule has 2 aromatic carbocycles. The fraction of sp³-hybridized carbons (Fsp3) is 0.278. The monoisotopic (exact) mass is 335 g/mol. The summed E-state index contributed by atoms with van der Waals surface area (Å²) in [6.45, 7) is 4.88. The first kappa shape index (κ1) is 17.9. The summed E-state index contributed by atoms with van der Waals surface area (Å²) in [5, 5.41) is 8.89. The summed E-state index contributed by atoms with van der Waals surface area (Å²) >= 11 is 0. The van der Waals surface area contributed by atoms with Crippen molar-refractivity contribution in [3.05, 3.63) is 58.2 Å². The second kappa shape index (κ2) is 6.97. The van der Waals surface area contributed by atoms with Crippen molar-refractivity contribution in [2.45, 2.75) is 33.2 Å². The van der Waals surface area contributed by atoms with E-state index in [4.69, 9.17) is 15.6 Å². The average Bonchev–Trinajstić information content (AvgIpc) is 2.50. The predicted molar refractivity (Wildman–Crippen MR) is 86.4 cm³/mol. The highest BCUT2D eigenvalue weighted by atomic mass is 19.1. The molecular weight excluding hydrogens is 316 g/mol. The van der Waals surface area contributed by atoms with Gasteiger partial charge in [0.25, 0.3) is 0 Å². The lowest BCUT2D eigenvalue weighted by Gasteiger charge is -2.16. The lowest BCUT2D eigenvalue weighted by atomic mass is 10.0. The summed E-state index contributed by atoms with van der Waals surface area (Å²) in [5.41, 5.74) is 7.62. The highest BCUT2D eigenvalue weighted by Gasteiger charge is 2.17. The van der Waals surface area contributed by atoms with Crippen LogP contribution in [0.1, 0.15) is 22.3 Å². The zero-order chi connectivity index (χ0) is 18.0. The van der Waals surface area contributed by atoms with E-state index in [1.54, 1.807) is 26.0 Å². The summed E-state index contributed by atoms with van der Waals surface area (Å²) in [5.74, 6) is -2.06. The summed E-state index contributed by atoms with van der Waals surface area (Å²) < 4.78 is 33.1. The number of aliphatic carboxylic acids is 1. The first-order valence-corrected chi connectivity index (χ1v) is 7.41. The van der Waals surface area contributed by atoms with Crippen LogP contribution in [0.25, 0.3) is 0 Å². The molecule has 0 bridgehead atoms. The summed E-state index contributed by atoms with van der Waals surface area (Å²) in [4.78, 5) is 10.9. The smallest absolute Gasteiger partial charge is 0.320 e. The molecule has 1 unspecified atom stereocenters. The van der Waals surface area contributed by atoms with Crippen LogP contribution in [0.15, 0.2) is 24.3 Å². The van der Waals surface area contributed by atoms with Crippen molar-refractivity contribution in [3.63, 3.8) is 0 Å². The van der Waals surface area contributed by atoms with Crippen LogP contribution in [0, 0.1) is 32.4 Å². The number of carboxylic acids is 1. The van der Waals surface area contributed by atoms with Crippen LogP contribution in [0.2, 0.25) is 0 Å². The first-order valence-electron chi connectivity index (χ1n) is 7.41. The molecule has 0 aliphatic rings. The zero-order valence-corrected chi connectivity index (χ0v) is 13.7. The zero-order valence-electron chi connectivity index (χ0n) is 13.7. The van der Waals surface area contributed by atoms with Crippen LogP contribution >= 0.6 is 0 Å². The number of carboxylic acid groups (broad SMARTS) is 1. The highest BCUT2D eigenvalue weighted by Crippen LogP contribution is 2.33. The molecule has 0 fully saturated rings. The normalized spacial score (nSPS) is 12.1. The van der Waals surface area contributed by atoms with Crippen LogP contribution < -0.4 is 10.5 Å². The molecule has 0 saturated heterocycles. The quantitative estimate of drug-likeness (QED) is 0.875. The van der Waals surface area contributed by atoms with Crippen molar-refractivity contribution in [1.29, 1.82) is 0 Å². The van der Waals surface area contributed by atoms with Gasteiger partial charge in [0.2, 0.25) is 0 Å². The molecule has 24 heavy (non-hydrogen) atoms. The predicted octanol–water partition coefficient (Wildman–Crippen LogP) is 3.64. The maximum atomic E-state index is 14.1. The Morgan fingerprint density at radius 1 is 1.21 bits per heavy atom. The number of rotatable bonds is 5. The van der Waals surface area contributed by atoms with Gasteiger partial charge in [-0.15, -0.1) is 0 Å². The number of halogens is 2. The Bertz CT molecular complexity index is 767. The number of hydrogen-bond acceptors (Lipinski definition) is 3. The fourth-order valence-electron chi connectivity index (χ4n) is 2.49. The van der Waals surface area contributed by atoms with Gasteiger partial charge in [0.05, 0.1) is 0 Å².